The topological polar surface area (TPSA) is 175 Å². The number of hydrogen-bond acceptors (Lipinski definition) is 11. The number of rotatable bonds is 4. The second kappa shape index (κ2) is 7.84. The highest BCUT2D eigenvalue weighted by molar-refractivity contribution is 5.66. The van der Waals surface area contributed by atoms with E-state index in [4.69, 9.17) is 18.9 Å². The molecule has 0 spiro atoms. The maximum Gasteiger partial charge on any atom is 0.303 e. The summed E-state index contributed by atoms with van der Waals surface area (Å²) in [6.07, 6.45) is -8.75. The van der Waals surface area contributed by atoms with Gasteiger partial charge in [-0.25, -0.2) is 0 Å². The number of hydrogen-bond donors (Lipinski definition) is 6. The van der Waals surface area contributed by atoms with E-state index < -0.39 is 79.2 Å². The molecule has 0 aromatic rings. The van der Waals surface area contributed by atoms with Crippen molar-refractivity contribution in [2.45, 2.75) is 68.7 Å². The first kappa shape index (κ1) is 21.4. The van der Waals surface area contributed by atoms with Crippen LogP contribution in [0, 0.1) is 11.8 Å². The van der Waals surface area contributed by atoms with Gasteiger partial charge in [-0.1, -0.05) is 0 Å². The number of carbonyl (C=O) groups is 1. The first-order chi connectivity index (χ1) is 13.1. The van der Waals surface area contributed by atoms with Gasteiger partial charge in [0.1, 0.15) is 36.1 Å². The summed E-state index contributed by atoms with van der Waals surface area (Å²) < 4.78 is 21.7. The smallest absolute Gasteiger partial charge is 0.303 e. The van der Waals surface area contributed by atoms with Crippen LogP contribution in [-0.2, 0) is 23.7 Å². The molecule has 2 heterocycles. The Hall–Kier alpha value is -1.31. The van der Waals surface area contributed by atoms with E-state index in [-0.39, 0.29) is 0 Å². The summed E-state index contributed by atoms with van der Waals surface area (Å²) in [4.78, 5) is 11.6. The molecule has 2 fully saturated rings. The molecule has 11 atom stereocenters. The molecule has 28 heavy (non-hydrogen) atoms. The summed E-state index contributed by atoms with van der Waals surface area (Å²) in [5.41, 5.74) is -1.57. The summed E-state index contributed by atoms with van der Waals surface area (Å²) in [7, 11) is 0. The number of fused-ring (bicyclic) bond motifs is 1. The fourth-order valence-electron chi connectivity index (χ4n) is 4.19. The van der Waals surface area contributed by atoms with Crippen LogP contribution in [0.2, 0.25) is 0 Å². The van der Waals surface area contributed by atoms with E-state index in [2.05, 4.69) is 0 Å². The lowest BCUT2D eigenvalue weighted by molar-refractivity contribution is -0.347. The van der Waals surface area contributed by atoms with Crippen molar-refractivity contribution in [3.63, 3.8) is 0 Å². The molecule has 0 amide bonds. The van der Waals surface area contributed by atoms with E-state index in [1.54, 1.807) is 0 Å². The van der Waals surface area contributed by atoms with E-state index in [0.717, 1.165) is 6.92 Å². The van der Waals surface area contributed by atoms with Crippen molar-refractivity contribution in [2.75, 3.05) is 6.61 Å². The highest BCUT2D eigenvalue weighted by Gasteiger charge is 2.64. The highest BCUT2D eigenvalue weighted by atomic mass is 16.8. The number of carbonyl (C=O) groups excluding carboxylic acids is 1. The second-order valence-corrected chi connectivity index (χ2v) is 7.48. The average Bonchev–Trinajstić information content (AvgIpc) is 2.83. The van der Waals surface area contributed by atoms with Crippen molar-refractivity contribution < 1.29 is 54.4 Å². The molecule has 2 aliphatic heterocycles. The van der Waals surface area contributed by atoms with Crippen LogP contribution in [0.4, 0.5) is 0 Å². The normalized spacial score (nSPS) is 50.7. The van der Waals surface area contributed by atoms with Crippen molar-refractivity contribution >= 4 is 5.97 Å². The van der Waals surface area contributed by atoms with Crippen molar-refractivity contribution in [1.82, 2.24) is 0 Å². The molecule has 0 aromatic carbocycles. The number of aliphatic hydroxyl groups is 6. The van der Waals surface area contributed by atoms with Crippen LogP contribution in [0.5, 0.6) is 0 Å². The molecule has 11 nitrogen and oxygen atoms in total. The largest absolute Gasteiger partial charge is 0.472 e. The first-order valence-corrected chi connectivity index (χ1v) is 8.95. The molecule has 1 saturated heterocycles. The van der Waals surface area contributed by atoms with Gasteiger partial charge >= 0.3 is 5.97 Å². The van der Waals surface area contributed by atoms with E-state index in [9.17, 15) is 35.4 Å². The van der Waals surface area contributed by atoms with E-state index in [1.807, 2.05) is 0 Å². The Morgan fingerprint density at radius 1 is 1.07 bits per heavy atom. The van der Waals surface area contributed by atoms with Crippen molar-refractivity contribution in [3.05, 3.63) is 12.3 Å². The maximum absolute atomic E-state index is 11.6. The third kappa shape index (κ3) is 3.42. The molecule has 6 N–H and O–H groups in total. The van der Waals surface area contributed by atoms with Gasteiger partial charge in [0.05, 0.1) is 24.9 Å². The van der Waals surface area contributed by atoms with E-state index >= 15 is 0 Å². The van der Waals surface area contributed by atoms with E-state index in [0.29, 0.717) is 0 Å². The van der Waals surface area contributed by atoms with Gasteiger partial charge in [0.25, 0.3) is 0 Å². The Bertz CT molecular complexity index is 610. The molecule has 0 unspecified atom stereocenters. The zero-order chi connectivity index (χ0) is 20.8. The quantitative estimate of drug-likeness (QED) is 0.262. The molecule has 0 aromatic heterocycles. The van der Waals surface area contributed by atoms with Crippen molar-refractivity contribution in [2.24, 2.45) is 11.8 Å². The van der Waals surface area contributed by atoms with Crippen LogP contribution < -0.4 is 0 Å². The van der Waals surface area contributed by atoms with Gasteiger partial charge in [-0.15, -0.1) is 0 Å². The summed E-state index contributed by atoms with van der Waals surface area (Å²) in [6, 6.07) is 0. The second-order valence-electron chi connectivity index (χ2n) is 7.48. The maximum atomic E-state index is 11.6. The Morgan fingerprint density at radius 3 is 2.36 bits per heavy atom. The summed E-state index contributed by atoms with van der Waals surface area (Å²) in [5.74, 6) is -2.25. The van der Waals surface area contributed by atoms with Gasteiger partial charge in [0.15, 0.2) is 6.29 Å². The molecule has 3 rings (SSSR count). The van der Waals surface area contributed by atoms with Gasteiger partial charge in [-0.05, 0) is 13.0 Å². The molecule has 0 bridgehead atoms. The lowest BCUT2D eigenvalue weighted by Gasteiger charge is -2.44. The molecule has 1 saturated carbocycles. The molecule has 160 valence electrons. The third-order valence-corrected chi connectivity index (χ3v) is 5.67. The van der Waals surface area contributed by atoms with E-state index in [1.165, 1.54) is 19.3 Å². The average molecular weight is 406 g/mol. The van der Waals surface area contributed by atoms with Crippen molar-refractivity contribution in [3.8, 4) is 0 Å². The predicted octanol–water partition coefficient (Wildman–Crippen LogP) is -3.04. The minimum Gasteiger partial charge on any atom is -0.472 e. The lowest BCUT2D eigenvalue weighted by Crippen LogP contribution is -2.61. The van der Waals surface area contributed by atoms with Gasteiger partial charge in [0, 0.05) is 12.8 Å². The van der Waals surface area contributed by atoms with Gasteiger partial charge < -0.3 is 49.6 Å². The Balaban J connectivity index is 1.85. The summed E-state index contributed by atoms with van der Waals surface area (Å²) >= 11 is 0. The minimum absolute atomic E-state index is 0.634. The first-order valence-electron chi connectivity index (χ1n) is 8.95. The molecule has 1 aliphatic carbocycles. The zero-order valence-corrected chi connectivity index (χ0v) is 15.4. The molecule has 11 heteroatoms. The van der Waals surface area contributed by atoms with Gasteiger partial charge in [0.2, 0.25) is 6.29 Å². The predicted molar refractivity (Wildman–Crippen MR) is 88.0 cm³/mol. The number of aliphatic hydroxyl groups excluding tert-OH is 6. The molecular weight excluding hydrogens is 380 g/mol. The van der Waals surface area contributed by atoms with Gasteiger partial charge in [-0.2, -0.15) is 0 Å². The fourth-order valence-corrected chi connectivity index (χ4v) is 4.19. The molecule has 0 radical (unpaired) electrons. The highest BCUT2D eigenvalue weighted by Crippen LogP contribution is 2.49. The zero-order valence-electron chi connectivity index (χ0n) is 15.4. The lowest BCUT2D eigenvalue weighted by atomic mass is 9.84. The Morgan fingerprint density at radius 2 is 1.75 bits per heavy atom. The van der Waals surface area contributed by atoms with Crippen molar-refractivity contribution in [1.29, 1.82) is 0 Å². The molecule has 3 aliphatic rings. The number of esters is 1. The van der Waals surface area contributed by atoms with Crippen LogP contribution in [0.25, 0.3) is 0 Å². The third-order valence-electron chi connectivity index (χ3n) is 5.67. The molecular formula is C17H26O11. The summed E-state index contributed by atoms with van der Waals surface area (Å²) in [5, 5.41) is 60.1. The minimum atomic E-state index is -1.66. The Kier molecular flexibility index (Phi) is 5.99. The number of ether oxygens (including phenoxy) is 4. The standard InChI is InChI=1S/C17H26O11/c1-6(19)28-17(2)9-7(10(20)14(17)24)3-4-25-15(9)27-16-13(23)12(22)11(21)8(5-18)26-16/h3-4,7-16,18,20-24H,5H2,1-2H3/t7-,8+,9-,10-,11+,12-,13+,14+,15+,16-,17-/m1/s1. The summed E-state index contributed by atoms with van der Waals surface area (Å²) in [6.45, 7) is 1.95. The van der Waals surface area contributed by atoms with Crippen LogP contribution in [0.3, 0.4) is 0 Å². The van der Waals surface area contributed by atoms with Crippen LogP contribution in [0.1, 0.15) is 13.8 Å². The van der Waals surface area contributed by atoms with Crippen LogP contribution in [0.15, 0.2) is 12.3 Å². The van der Waals surface area contributed by atoms with Crippen LogP contribution >= 0.6 is 0 Å². The van der Waals surface area contributed by atoms with Crippen LogP contribution in [-0.4, -0.2) is 98.0 Å². The fraction of sp³-hybridized carbons (Fsp3) is 0.824. The monoisotopic (exact) mass is 406 g/mol. The Labute approximate surface area is 160 Å². The SMILES string of the molecule is CC(=O)O[C@]1(C)[C@H]2[C@H](O[C@H]3O[C@@H](CO)[C@H](O)[C@@H](O)[C@@H]3O)OC=C[C@H]2[C@@H](O)[C@@H]1O. The van der Waals surface area contributed by atoms with Gasteiger partial charge in [-0.3, -0.25) is 4.79 Å².